The summed E-state index contributed by atoms with van der Waals surface area (Å²) < 4.78 is 0. The zero-order valence-corrected chi connectivity index (χ0v) is 10.4. The minimum absolute atomic E-state index is 0.328. The molecular formula is C13H18N2O2. The Balaban J connectivity index is 2.36. The molecule has 1 aromatic rings. The van der Waals surface area contributed by atoms with Crippen LogP contribution in [0.4, 0.5) is 11.4 Å². The fraction of sp³-hybridized carbons (Fsp3) is 0.462. The Hall–Kier alpha value is -1.71. The van der Waals surface area contributed by atoms with Gasteiger partial charge < -0.3 is 15.3 Å². The number of carboxylic acids is 1. The van der Waals surface area contributed by atoms with Crippen molar-refractivity contribution in [2.45, 2.75) is 19.9 Å². The predicted molar refractivity (Wildman–Crippen MR) is 68.9 cm³/mol. The van der Waals surface area contributed by atoms with Gasteiger partial charge in [0.15, 0.2) is 0 Å². The van der Waals surface area contributed by atoms with Gasteiger partial charge in [-0.2, -0.15) is 0 Å². The van der Waals surface area contributed by atoms with Crippen LogP contribution in [-0.2, 0) is 0 Å². The molecule has 0 aliphatic carbocycles. The van der Waals surface area contributed by atoms with E-state index < -0.39 is 5.97 Å². The first-order valence-electron chi connectivity index (χ1n) is 5.84. The van der Waals surface area contributed by atoms with Gasteiger partial charge in [-0.3, -0.25) is 0 Å². The van der Waals surface area contributed by atoms with E-state index in [1.807, 2.05) is 13.1 Å². The average Bonchev–Trinajstić information content (AvgIpc) is 2.27. The highest BCUT2D eigenvalue weighted by molar-refractivity contribution is 5.91. The molecule has 0 aromatic heterocycles. The van der Waals surface area contributed by atoms with Crippen molar-refractivity contribution in [1.82, 2.24) is 0 Å². The number of nitrogens with zero attached hydrogens (tertiary/aromatic N) is 1. The maximum Gasteiger partial charge on any atom is 0.335 e. The third kappa shape index (κ3) is 2.20. The van der Waals surface area contributed by atoms with Crippen molar-refractivity contribution >= 4 is 17.3 Å². The molecule has 17 heavy (non-hydrogen) atoms. The van der Waals surface area contributed by atoms with E-state index in [1.54, 1.807) is 12.1 Å². The molecule has 1 aliphatic rings. The van der Waals surface area contributed by atoms with E-state index in [2.05, 4.69) is 24.1 Å². The minimum atomic E-state index is -0.885. The number of rotatable bonds is 2. The van der Waals surface area contributed by atoms with Crippen LogP contribution in [0.2, 0.25) is 0 Å². The molecule has 2 N–H and O–H groups in total. The molecule has 0 radical (unpaired) electrons. The first-order chi connectivity index (χ1) is 7.99. The predicted octanol–water partition coefficient (Wildman–Crippen LogP) is 2.27. The van der Waals surface area contributed by atoms with E-state index >= 15 is 0 Å². The van der Waals surface area contributed by atoms with Crippen LogP contribution in [0.15, 0.2) is 18.2 Å². The number of anilines is 2. The molecule has 0 amide bonds. The largest absolute Gasteiger partial charge is 0.478 e. The average molecular weight is 234 g/mol. The second kappa shape index (κ2) is 4.28. The first kappa shape index (κ1) is 11.8. The molecule has 0 saturated carbocycles. The van der Waals surface area contributed by atoms with Crippen LogP contribution in [0.5, 0.6) is 0 Å². The molecule has 4 nitrogen and oxygen atoms in total. The van der Waals surface area contributed by atoms with E-state index in [9.17, 15) is 4.79 Å². The van der Waals surface area contributed by atoms with Crippen LogP contribution >= 0.6 is 0 Å². The molecule has 92 valence electrons. The molecule has 0 bridgehead atoms. The highest BCUT2D eigenvalue weighted by Gasteiger charge is 2.24. The summed E-state index contributed by atoms with van der Waals surface area (Å²) in [6.07, 6.45) is 0. The summed E-state index contributed by atoms with van der Waals surface area (Å²) in [5.74, 6) is -0.372. The van der Waals surface area contributed by atoms with Crippen LogP contribution < -0.4 is 10.2 Å². The number of hydrogen-bond acceptors (Lipinski definition) is 3. The van der Waals surface area contributed by atoms with E-state index in [0.29, 0.717) is 17.5 Å². The summed E-state index contributed by atoms with van der Waals surface area (Å²) in [5, 5.41) is 12.4. The summed E-state index contributed by atoms with van der Waals surface area (Å²) in [6.45, 7) is 5.27. The van der Waals surface area contributed by atoms with Crippen LogP contribution in [-0.4, -0.2) is 30.7 Å². The van der Waals surface area contributed by atoms with Gasteiger partial charge in [0.1, 0.15) is 0 Å². The third-order valence-electron chi connectivity index (χ3n) is 3.27. The standard InChI is InChI=1S/C13H18N2O2/c1-8(2)11-7-15(3)12-5-4-9(13(16)17)6-10(12)14-11/h4-6,8,11,14H,7H2,1-3H3,(H,16,17). The zero-order chi connectivity index (χ0) is 12.6. The maximum atomic E-state index is 10.9. The van der Waals surface area contributed by atoms with Crippen molar-refractivity contribution in [2.75, 3.05) is 23.8 Å². The number of nitrogens with one attached hydrogen (secondary N) is 1. The number of fused-ring (bicyclic) bond motifs is 1. The van der Waals surface area contributed by atoms with Crippen molar-refractivity contribution < 1.29 is 9.90 Å². The Morgan fingerprint density at radius 1 is 1.53 bits per heavy atom. The Kier molecular flexibility index (Phi) is 2.96. The van der Waals surface area contributed by atoms with Gasteiger partial charge >= 0.3 is 5.97 Å². The van der Waals surface area contributed by atoms with Gasteiger partial charge in [-0.05, 0) is 24.1 Å². The lowest BCUT2D eigenvalue weighted by molar-refractivity contribution is 0.0697. The summed E-state index contributed by atoms with van der Waals surface area (Å²) in [6, 6.07) is 5.58. The third-order valence-corrected chi connectivity index (χ3v) is 3.27. The highest BCUT2D eigenvalue weighted by atomic mass is 16.4. The van der Waals surface area contributed by atoms with E-state index in [0.717, 1.165) is 17.9 Å². The number of carboxylic acid groups (broad SMARTS) is 1. The molecule has 2 rings (SSSR count). The number of carbonyl (C=O) groups is 1. The van der Waals surface area contributed by atoms with Gasteiger partial charge in [0.05, 0.1) is 16.9 Å². The molecule has 0 spiro atoms. The summed E-state index contributed by atoms with van der Waals surface area (Å²) in [4.78, 5) is 13.1. The van der Waals surface area contributed by atoms with Crippen LogP contribution in [0.1, 0.15) is 24.2 Å². The molecule has 1 aromatic carbocycles. The molecular weight excluding hydrogens is 216 g/mol. The molecule has 1 unspecified atom stereocenters. The van der Waals surface area contributed by atoms with Gasteiger partial charge in [-0.1, -0.05) is 13.8 Å². The molecule has 1 atom stereocenters. The Morgan fingerprint density at radius 2 is 2.24 bits per heavy atom. The van der Waals surface area contributed by atoms with Crippen LogP contribution in [0.25, 0.3) is 0 Å². The first-order valence-corrected chi connectivity index (χ1v) is 5.84. The lowest BCUT2D eigenvalue weighted by Gasteiger charge is -2.37. The zero-order valence-electron chi connectivity index (χ0n) is 10.4. The van der Waals surface area contributed by atoms with Crippen molar-refractivity contribution in [2.24, 2.45) is 5.92 Å². The van der Waals surface area contributed by atoms with E-state index in [4.69, 9.17) is 5.11 Å². The van der Waals surface area contributed by atoms with Gasteiger partial charge in [0, 0.05) is 19.6 Å². The lowest BCUT2D eigenvalue weighted by atomic mass is 9.99. The summed E-state index contributed by atoms with van der Waals surface area (Å²) >= 11 is 0. The van der Waals surface area contributed by atoms with Gasteiger partial charge in [0.2, 0.25) is 0 Å². The molecule has 1 aliphatic heterocycles. The molecule has 0 fully saturated rings. The van der Waals surface area contributed by atoms with Crippen molar-refractivity contribution in [3.63, 3.8) is 0 Å². The van der Waals surface area contributed by atoms with Crippen LogP contribution in [0.3, 0.4) is 0 Å². The van der Waals surface area contributed by atoms with E-state index in [1.165, 1.54) is 0 Å². The van der Waals surface area contributed by atoms with Gasteiger partial charge in [0.25, 0.3) is 0 Å². The second-order valence-corrected chi connectivity index (χ2v) is 4.91. The number of aromatic carboxylic acids is 1. The quantitative estimate of drug-likeness (QED) is 0.824. The fourth-order valence-electron chi connectivity index (χ4n) is 2.13. The SMILES string of the molecule is CC(C)C1CN(C)c2ccc(C(=O)O)cc2N1. The van der Waals surface area contributed by atoms with Crippen molar-refractivity contribution in [3.8, 4) is 0 Å². The topological polar surface area (TPSA) is 52.6 Å². The molecule has 4 heteroatoms. The van der Waals surface area contributed by atoms with Crippen molar-refractivity contribution in [1.29, 1.82) is 0 Å². The van der Waals surface area contributed by atoms with Crippen LogP contribution in [0, 0.1) is 5.92 Å². The van der Waals surface area contributed by atoms with Gasteiger partial charge in [-0.25, -0.2) is 4.79 Å². The molecule has 0 saturated heterocycles. The summed E-state index contributed by atoms with van der Waals surface area (Å²) in [5.41, 5.74) is 2.30. The maximum absolute atomic E-state index is 10.9. The van der Waals surface area contributed by atoms with Gasteiger partial charge in [-0.15, -0.1) is 0 Å². The minimum Gasteiger partial charge on any atom is -0.478 e. The smallest absolute Gasteiger partial charge is 0.335 e. The Bertz CT molecular complexity index is 443. The second-order valence-electron chi connectivity index (χ2n) is 4.91. The normalized spacial score (nSPS) is 18.8. The Labute approximate surface area is 101 Å². The molecule has 1 heterocycles. The fourth-order valence-corrected chi connectivity index (χ4v) is 2.13. The number of benzene rings is 1. The lowest BCUT2D eigenvalue weighted by Crippen LogP contribution is -2.42. The monoisotopic (exact) mass is 234 g/mol. The summed E-state index contributed by atoms with van der Waals surface area (Å²) in [7, 11) is 2.04. The Morgan fingerprint density at radius 3 is 2.82 bits per heavy atom. The van der Waals surface area contributed by atoms with Crippen molar-refractivity contribution in [3.05, 3.63) is 23.8 Å². The van der Waals surface area contributed by atoms with E-state index in [-0.39, 0.29) is 0 Å². The number of hydrogen-bond donors (Lipinski definition) is 2. The highest BCUT2D eigenvalue weighted by Crippen LogP contribution is 2.32. The number of likely N-dealkylation sites (N-methyl/N-ethyl adjacent to an activating group) is 1.